The molecule has 1 aliphatic heterocycles. The lowest BCUT2D eigenvalue weighted by Crippen LogP contribution is -2.39. The maximum atomic E-state index is 12.0. The van der Waals surface area contributed by atoms with Crippen molar-refractivity contribution in [3.8, 4) is 0 Å². The fraction of sp³-hybridized carbons (Fsp3) is 0.615. The second kappa shape index (κ2) is 5.97. The van der Waals surface area contributed by atoms with Gasteiger partial charge in [0, 0.05) is 5.92 Å². The first-order valence-corrected chi connectivity index (χ1v) is 6.59. The van der Waals surface area contributed by atoms with Crippen molar-refractivity contribution in [1.82, 2.24) is 15.1 Å². The third kappa shape index (κ3) is 3.41. The molecule has 1 aromatic rings. The topological polar surface area (TPSA) is 78.1 Å². The summed E-state index contributed by atoms with van der Waals surface area (Å²) in [6, 6.07) is 0. The molecule has 0 saturated carbocycles. The molecule has 1 aromatic heterocycles. The zero-order chi connectivity index (χ0) is 13.8. The van der Waals surface area contributed by atoms with Gasteiger partial charge in [-0.05, 0) is 39.8 Å². The number of nitrogens with zero attached hydrogens (tertiary/aromatic N) is 2. The monoisotopic (exact) mass is 264 g/mol. The van der Waals surface area contributed by atoms with E-state index >= 15 is 0 Å². The van der Waals surface area contributed by atoms with Gasteiger partial charge in [-0.15, -0.1) is 0 Å². The first-order chi connectivity index (χ1) is 9.10. The van der Waals surface area contributed by atoms with Gasteiger partial charge in [-0.25, -0.2) is 0 Å². The molecule has 1 fully saturated rings. The number of nitrogens with one attached hydrogen (secondary N) is 2. The Morgan fingerprint density at radius 2 is 2.16 bits per heavy atom. The van der Waals surface area contributed by atoms with Gasteiger partial charge in [0.2, 0.25) is 5.91 Å². The Hall–Kier alpha value is -1.69. The maximum absolute atomic E-state index is 12.0. The van der Waals surface area contributed by atoms with E-state index in [2.05, 4.69) is 20.4 Å². The molecule has 0 aliphatic carbocycles. The number of carbonyl (C=O) groups is 2. The van der Waals surface area contributed by atoms with Crippen LogP contribution in [0.4, 0.5) is 5.69 Å². The van der Waals surface area contributed by atoms with Crippen LogP contribution in [0, 0.1) is 19.8 Å². The third-order valence-corrected chi connectivity index (χ3v) is 3.58. The van der Waals surface area contributed by atoms with Crippen molar-refractivity contribution in [2.75, 3.05) is 25.0 Å². The second-order valence-corrected chi connectivity index (χ2v) is 5.11. The third-order valence-electron chi connectivity index (χ3n) is 3.58. The highest BCUT2D eigenvalue weighted by atomic mass is 16.2. The van der Waals surface area contributed by atoms with Crippen molar-refractivity contribution in [1.29, 1.82) is 0 Å². The van der Waals surface area contributed by atoms with Crippen LogP contribution in [0.5, 0.6) is 0 Å². The van der Waals surface area contributed by atoms with Gasteiger partial charge in [0.1, 0.15) is 6.29 Å². The van der Waals surface area contributed by atoms with E-state index in [4.69, 9.17) is 0 Å². The summed E-state index contributed by atoms with van der Waals surface area (Å²) in [6.07, 6.45) is 2.72. The molecular formula is C13H20N4O2. The van der Waals surface area contributed by atoms with Gasteiger partial charge in [-0.1, -0.05) is 0 Å². The van der Waals surface area contributed by atoms with Crippen LogP contribution in [0.15, 0.2) is 0 Å². The molecule has 0 spiro atoms. The number of piperidine rings is 1. The van der Waals surface area contributed by atoms with Crippen molar-refractivity contribution in [2.24, 2.45) is 5.92 Å². The van der Waals surface area contributed by atoms with Gasteiger partial charge in [0.05, 0.1) is 23.6 Å². The molecule has 0 aromatic carbocycles. The minimum Gasteiger partial charge on any atom is -0.322 e. The Morgan fingerprint density at radius 3 is 2.68 bits per heavy atom. The van der Waals surface area contributed by atoms with Crippen molar-refractivity contribution < 1.29 is 9.59 Å². The maximum Gasteiger partial charge on any atom is 0.238 e. The lowest BCUT2D eigenvalue weighted by molar-refractivity contribution is -0.117. The molecule has 0 bridgehead atoms. The van der Waals surface area contributed by atoms with Crippen molar-refractivity contribution in [3.05, 3.63) is 11.4 Å². The van der Waals surface area contributed by atoms with Crippen LogP contribution in [0.3, 0.4) is 0 Å². The smallest absolute Gasteiger partial charge is 0.238 e. The average molecular weight is 264 g/mol. The molecule has 104 valence electrons. The predicted octanol–water partition coefficient (Wildman–Crippen LogP) is 0.876. The van der Waals surface area contributed by atoms with E-state index in [-0.39, 0.29) is 11.8 Å². The first-order valence-electron chi connectivity index (χ1n) is 6.59. The van der Waals surface area contributed by atoms with E-state index in [0.29, 0.717) is 6.54 Å². The molecule has 0 radical (unpaired) electrons. The molecule has 2 rings (SSSR count). The second-order valence-electron chi connectivity index (χ2n) is 5.11. The van der Waals surface area contributed by atoms with Gasteiger partial charge in [0.25, 0.3) is 0 Å². The summed E-state index contributed by atoms with van der Waals surface area (Å²) in [4.78, 5) is 24.7. The van der Waals surface area contributed by atoms with Gasteiger partial charge >= 0.3 is 0 Å². The number of likely N-dealkylation sites (tertiary alicyclic amines) is 1. The molecule has 6 heteroatoms. The quantitative estimate of drug-likeness (QED) is 0.791. The number of H-pyrrole nitrogens is 1. The molecule has 2 heterocycles. The number of aromatic amines is 1. The van der Waals surface area contributed by atoms with Crippen LogP contribution in [0.25, 0.3) is 0 Å². The minimum absolute atomic E-state index is 0.0304. The van der Waals surface area contributed by atoms with Crippen LogP contribution in [-0.4, -0.2) is 46.9 Å². The molecule has 0 unspecified atom stereocenters. The van der Waals surface area contributed by atoms with Crippen LogP contribution in [0.1, 0.15) is 24.2 Å². The van der Waals surface area contributed by atoms with Gasteiger partial charge in [-0.2, -0.15) is 5.10 Å². The number of hydrogen-bond donors (Lipinski definition) is 2. The number of aromatic nitrogens is 2. The normalized spacial score (nSPS) is 17.4. The number of aldehydes is 1. The number of rotatable bonds is 4. The SMILES string of the molecule is Cc1n[nH]c(C)c1NC(=O)CN1CCC(C=O)CC1. The Morgan fingerprint density at radius 1 is 1.47 bits per heavy atom. The summed E-state index contributed by atoms with van der Waals surface area (Å²) in [6.45, 7) is 5.72. The zero-order valence-electron chi connectivity index (χ0n) is 11.4. The highest BCUT2D eigenvalue weighted by molar-refractivity contribution is 5.93. The molecule has 2 N–H and O–H groups in total. The number of hydrogen-bond acceptors (Lipinski definition) is 4. The molecule has 1 aliphatic rings. The fourth-order valence-corrected chi connectivity index (χ4v) is 2.36. The number of anilines is 1. The highest BCUT2D eigenvalue weighted by Gasteiger charge is 2.20. The van der Waals surface area contributed by atoms with Crippen LogP contribution < -0.4 is 5.32 Å². The molecule has 19 heavy (non-hydrogen) atoms. The lowest BCUT2D eigenvalue weighted by Gasteiger charge is -2.28. The summed E-state index contributed by atoms with van der Waals surface area (Å²) in [5.41, 5.74) is 2.43. The van der Waals surface area contributed by atoms with Crippen molar-refractivity contribution >= 4 is 17.9 Å². The van der Waals surface area contributed by atoms with Crippen LogP contribution in [-0.2, 0) is 9.59 Å². The number of carbonyl (C=O) groups excluding carboxylic acids is 2. The Balaban J connectivity index is 1.84. The van der Waals surface area contributed by atoms with Gasteiger partial charge in [0.15, 0.2) is 0 Å². The van der Waals surface area contributed by atoms with E-state index in [1.54, 1.807) is 0 Å². The van der Waals surface area contributed by atoms with E-state index in [1.165, 1.54) is 0 Å². The summed E-state index contributed by atoms with van der Waals surface area (Å²) in [5, 5.41) is 9.77. The van der Waals surface area contributed by atoms with Gasteiger partial charge < -0.3 is 10.1 Å². The van der Waals surface area contributed by atoms with Crippen LogP contribution >= 0.6 is 0 Å². The molecule has 6 nitrogen and oxygen atoms in total. The largest absolute Gasteiger partial charge is 0.322 e. The summed E-state index contributed by atoms with van der Waals surface area (Å²) in [7, 11) is 0. The van der Waals surface area contributed by atoms with Crippen molar-refractivity contribution in [3.63, 3.8) is 0 Å². The zero-order valence-corrected chi connectivity index (χ0v) is 11.4. The van der Waals surface area contributed by atoms with Crippen molar-refractivity contribution in [2.45, 2.75) is 26.7 Å². The summed E-state index contributed by atoms with van der Waals surface area (Å²) < 4.78 is 0. The molecule has 1 saturated heterocycles. The molecular weight excluding hydrogens is 244 g/mol. The average Bonchev–Trinajstić information content (AvgIpc) is 2.71. The number of aryl methyl sites for hydroxylation is 2. The fourth-order valence-electron chi connectivity index (χ4n) is 2.36. The Labute approximate surface area is 112 Å². The first kappa shape index (κ1) is 13.7. The summed E-state index contributed by atoms with van der Waals surface area (Å²) >= 11 is 0. The Bertz CT molecular complexity index is 442. The number of amides is 1. The van der Waals surface area contributed by atoms with Crippen LogP contribution in [0.2, 0.25) is 0 Å². The molecule has 1 amide bonds. The Kier molecular flexibility index (Phi) is 4.31. The lowest BCUT2D eigenvalue weighted by atomic mass is 9.99. The van der Waals surface area contributed by atoms with E-state index < -0.39 is 0 Å². The standard InChI is InChI=1S/C13H20N4O2/c1-9-13(10(2)16-15-9)14-12(19)7-17-5-3-11(8-18)4-6-17/h8,11H,3-7H2,1-2H3,(H,14,19)(H,15,16). The van der Waals surface area contributed by atoms with E-state index in [1.807, 2.05) is 13.8 Å². The highest BCUT2D eigenvalue weighted by Crippen LogP contribution is 2.17. The van der Waals surface area contributed by atoms with Gasteiger partial charge in [-0.3, -0.25) is 14.8 Å². The predicted molar refractivity (Wildman–Crippen MR) is 71.9 cm³/mol. The van der Waals surface area contributed by atoms with E-state index in [0.717, 1.165) is 49.3 Å². The summed E-state index contributed by atoms with van der Waals surface area (Å²) in [5.74, 6) is 0.134. The minimum atomic E-state index is -0.0304. The molecule has 0 atom stereocenters. The van der Waals surface area contributed by atoms with E-state index in [9.17, 15) is 9.59 Å².